The van der Waals surface area contributed by atoms with Gasteiger partial charge in [-0.1, -0.05) is 39.8 Å². The van der Waals surface area contributed by atoms with Crippen molar-refractivity contribution in [2.75, 3.05) is 32.8 Å². The van der Waals surface area contributed by atoms with Crippen LogP contribution in [-0.2, 0) is 14.3 Å². The van der Waals surface area contributed by atoms with E-state index in [1.54, 1.807) is 4.90 Å². The van der Waals surface area contributed by atoms with Crippen LogP contribution >= 0.6 is 0 Å². The molecule has 3 aliphatic heterocycles. The number of hydrogen-bond acceptors (Lipinski definition) is 5. The van der Waals surface area contributed by atoms with Crippen LogP contribution in [0.25, 0.3) is 0 Å². The molecule has 7 heteroatoms. The van der Waals surface area contributed by atoms with Crippen LogP contribution in [0.4, 0.5) is 0 Å². The Morgan fingerprint density at radius 1 is 1.09 bits per heavy atom. The van der Waals surface area contributed by atoms with Crippen molar-refractivity contribution in [2.24, 2.45) is 5.41 Å². The molecule has 0 aliphatic carbocycles. The van der Waals surface area contributed by atoms with Gasteiger partial charge < -0.3 is 19.9 Å². The lowest BCUT2D eigenvalue weighted by Crippen LogP contribution is -2.53. The Kier molecular flexibility index (Phi) is 7.96. The Bertz CT molecular complexity index is 915. The molecule has 35 heavy (non-hydrogen) atoms. The molecule has 4 rings (SSSR count). The van der Waals surface area contributed by atoms with Crippen LogP contribution in [0.3, 0.4) is 0 Å². The molecule has 192 valence electrons. The van der Waals surface area contributed by atoms with E-state index in [1.807, 2.05) is 12.1 Å². The minimum Gasteiger partial charge on any atom is -0.368 e. The van der Waals surface area contributed by atoms with Crippen LogP contribution in [-0.4, -0.2) is 78.4 Å². The van der Waals surface area contributed by atoms with Gasteiger partial charge >= 0.3 is 0 Å². The summed E-state index contributed by atoms with van der Waals surface area (Å²) < 4.78 is 5.55. The van der Waals surface area contributed by atoms with Crippen LogP contribution in [0.15, 0.2) is 24.3 Å². The zero-order chi connectivity index (χ0) is 25.2. The third-order valence-corrected chi connectivity index (χ3v) is 7.59. The fourth-order valence-electron chi connectivity index (χ4n) is 5.81. The van der Waals surface area contributed by atoms with Crippen molar-refractivity contribution >= 4 is 17.6 Å². The molecule has 0 spiro atoms. The molecule has 2 amide bonds. The number of fused-ring (bicyclic) bond motifs is 1. The summed E-state index contributed by atoms with van der Waals surface area (Å²) in [5.41, 5.74) is 1.67. The number of ketones is 1. The van der Waals surface area contributed by atoms with E-state index in [9.17, 15) is 14.4 Å². The average molecular weight is 484 g/mol. The molecule has 3 saturated heterocycles. The largest absolute Gasteiger partial charge is 0.368 e. The van der Waals surface area contributed by atoms with E-state index in [1.165, 1.54) is 18.5 Å². The first kappa shape index (κ1) is 25.8. The van der Waals surface area contributed by atoms with Crippen molar-refractivity contribution < 1.29 is 19.1 Å². The molecule has 3 heterocycles. The van der Waals surface area contributed by atoms with Gasteiger partial charge in [-0.25, -0.2) is 0 Å². The molecule has 3 atom stereocenters. The number of carbonyl (C=O) groups excluding carboxylic acids is 3. The van der Waals surface area contributed by atoms with Crippen molar-refractivity contribution in [2.45, 2.75) is 83.9 Å². The number of nitrogens with one attached hydrogen (secondary N) is 1. The number of ether oxygens (including phenoxy) is 1. The van der Waals surface area contributed by atoms with Gasteiger partial charge in [0, 0.05) is 12.1 Å². The van der Waals surface area contributed by atoms with E-state index in [4.69, 9.17) is 4.74 Å². The minimum absolute atomic E-state index is 0.0437. The van der Waals surface area contributed by atoms with Gasteiger partial charge in [0.15, 0.2) is 5.78 Å². The van der Waals surface area contributed by atoms with Crippen molar-refractivity contribution in [1.29, 1.82) is 0 Å². The van der Waals surface area contributed by atoms with Crippen LogP contribution < -0.4 is 5.32 Å². The standard InChI is InChI=1S/C28H41N3O4/c1-5-13-30-14-10-20(11-15-30)19-6-8-21(9-7-19)26(33)29-22(17-28(2,3)4)27(34)31-16-12-24-25(31)23(32)18-35-24/h6-9,20,22,24-25H,5,10-18H2,1-4H3,(H,29,33)/t22-,24+,25+/m0/s1. The third kappa shape index (κ3) is 6.12. The molecule has 1 aromatic carbocycles. The highest BCUT2D eigenvalue weighted by Crippen LogP contribution is 2.30. The maximum absolute atomic E-state index is 13.5. The lowest BCUT2D eigenvalue weighted by molar-refractivity contribution is -0.138. The maximum Gasteiger partial charge on any atom is 0.251 e. The number of Topliss-reactive ketones (excluding diaryl/α,β-unsaturated/α-hetero) is 1. The van der Waals surface area contributed by atoms with Crippen LogP contribution in [0.5, 0.6) is 0 Å². The first-order valence-corrected chi connectivity index (χ1v) is 13.2. The number of hydrogen-bond donors (Lipinski definition) is 1. The molecular formula is C28H41N3O4. The van der Waals surface area contributed by atoms with Crippen LogP contribution in [0.2, 0.25) is 0 Å². The summed E-state index contributed by atoms with van der Waals surface area (Å²) in [5.74, 6) is 0.0549. The highest BCUT2D eigenvalue weighted by Gasteiger charge is 2.48. The number of carbonyl (C=O) groups is 3. The number of nitrogens with zero attached hydrogens (tertiary/aromatic N) is 2. The summed E-state index contributed by atoms with van der Waals surface area (Å²) >= 11 is 0. The van der Waals surface area contributed by atoms with Gasteiger partial charge in [0.2, 0.25) is 5.91 Å². The summed E-state index contributed by atoms with van der Waals surface area (Å²) in [5, 5.41) is 2.99. The number of piperidine rings is 1. The maximum atomic E-state index is 13.5. The zero-order valence-corrected chi connectivity index (χ0v) is 21.7. The van der Waals surface area contributed by atoms with E-state index < -0.39 is 12.1 Å². The molecule has 1 N–H and O–H groups in total. The first-order chi connectivity index (χ1) is 16.7. The van der Waals surface area contributed by atoms with Gasteiger partial charge in [-0.3, -0.25) is 14.4 Å². The smallest absolute Gasteiger partial charge is 0.251 e. The van der Waals surface area contributed by atoms with E-state index in [0.29, 0.717) is 30.9 Å². The topological polar surface area (TPSA) is 79.0 Å². The van der Waals surface area contributed by atoms with Gasteiger partial charge in [-0.2, -0.15) is 0 Å². The predicted molar refractivity (Wildman–Crippen MR) is 135 cm³/mol. The Morgan fingerprint density at radius 3 is 2.40 bits per heavy atom. The van der Waals surface area contributed by atoms with E-state index in [0.717, 1.165) is 25.9 Å². The molecular weight excluding hydrogens is 442 g/mol. The van der Waals surface area contributed by atoms with E-state index >= 15 is 0 Å². The highest BCUT2D eigenvalue weighted by atomic mass is 16.5. The van der Waals surface area contributed by atoms with E-state index in [2.05, 4.69) is 50.0 Å². The summed E-state index contributed by atoms with van der Waals surface area (Å²) in [7, 11) is 0. The fraction of sp³-hybridized carbons (Fsp3) is 0.679. The Hall–Kier alpha value is -2.25. The highest BCUT2D eigenvalue weighted by molar-refractivity contribution is 5.99. The van der Waals surface area contributed by atoms with Gasteiger partial charge in [-0.15, -0.1) is 0 Å². The number of likely N-dealkylation sites (tertiary alicyclic amines) is 2. The molecule has 0 saturated carbocycles. The Morgan fingerprint density at radius 2 is 1.77 bits per heavy atom. The molecule has 0 unspecified atom stereocenters. The average Bonchev–Trinajstić information content (AvgIpc) is 3.41. The molecule has 3 fully saturated rings. The Balaban J connectivity index is 1.41. The number of benzene rings is 1. The molecule has 0 aromatic heterocycles. The second-order valence-corrected chi connectivity index (χ2v) is 11.6. The van der Waals surface area contributed by atoms with Crippen molar-refractivity contribution in [3.05, 3.63) is 35.4 Å². The SMILES string of the molecule is CCCN1CCC(c2ccc(C(=O)N[C@@H](CC(C)(C)C)C(=O)N3CC[C@H]4OCC(=O)[C@H]43)cc2)CC1. The van der Waals surface area contributed by atoms with Gasteiger partial charge in [-0.05, 0) is 80.8 Å². The van der Waals surface area contributed by atoms with Crippen LogP contribution in [0, 0.1) is 5.41 Å². The zero-order valence-electron chi connectivity index (χ0n) is 21.7. The van der Waals surface area contributed by atoms with E-state index in [-0.39, 0.29) is 35.7 Å². The number of rotatable bonds is 7. The molecule has 0 bridgehead atoms. The second-order valence-electron chi connectivity index (χ2n) is 11.6. The number of amides is 2. The summed E-state index contributed by atoms with van der Waals surface area (Å²) in [6.07, 6.45) is 4.43. The fourth-order valence-corrected chi connectivity index (χ4v) is 5.81. The lowest BCUT2D eigenvalue weighted by atomic mass is 9.87. The molecule has 3 aliphatic rings. The lowest BCUT2D eigenvalue weighted by Gasteiger charge is -2.32. The van der Waals surface area contributed by atoms with Crippen LogP contribution in [0.1, 0.15) is 81.6 Å². The summed E-state index contributed by atoms with van der Waals surface area (Å²) in [6.45, 7) is 12.4. The van der Waals surface area contributed by atoms with Crippen molar-refractivity contribution in [1.82, 2.24) is 15.1 Å². The first-order valence-electron chi connectivity index (χ1n) is 13.2. The van der Waals surface area contributed by atoms with Crippen molar-refractivity contribution in [3.63, 3.8) is 0 Å². The monoisotopic (exact) mass is 483 g/mol. The predicted octanol–water partition coefficient (Wildman–Crippen LogP) is 3.38. The third-order valence-electron chi connectivity index (χ3n) is 7.59. The Labute approximate surface area is 209 Å². The molecule has 7 nitrogen and oxygen atoms in total. The summed E-state index contributed by atoms with van der Waals surface area (Å²) in [6, 6.07) is 6.69. The molecule has 0 radical (unpaired) electrons. The molecule has 1 aromatic rings. The second kappa shape index (κ2) is 10.8. The van der Waals surface area contributed by atoms with Crippen molar-refractivity contribution in [3.8, 4) is 0 Å². The normalized spacial score (nSPS) is 24.5. The quantitative estimate of drug-likeness (QED) is 0.643. The summed E-state index contributed by atoms with van der Waals surface area (Å²) in [4.78, 5) is 43.2. The van der Waals surface area contributed by atoms with Gasteiger partial charge in [0.05, 0.1) is 6.10 Å². The van der Waals surface area contributed by atoms with Gasteiger partial charge in [0.1, 0.15) is 18.7 Å². The minimum atomic E-state index is -0.683. The van der Waals surface area contributed by atoms with Gasteiger partial charge in [0.25, 0.3) is 5.91 Å².